The molecular weight excluding hydrogens is 447 g/mol. The third-order valence-electron chi connectivity index (χ3n) is 4.95. The van der Waals surface area contributed by atoms with Crippen LogP contribution in [0, 0.1) is 0 Å². The Morgan fingerprint density at radius 2 is 1.84 bits per heavy atom. The van der Waals surface area contributed by atoms with Gasteiger partial charge in [0, 0.05) is 18.0 Å². The molecule has 4 rings (SSSR count). The van der Waals surface area contributed by atoms with Crippen molar-refractivity contribution in [2.24, 2.45) is 0 Å². The minimum absolute atomic E-state index is 0.119. The molecule has 166 valence electrons. The Labute approximate surface area is 185 Å². The summed E-state index contributed by atoms with van der Waals surface area (Å²) >= 11 is 6.31. The average Bonchev–Trinajstić information content (AvgIpc) is 3.40. The molecule has 1 aromatic carbocycles. The van der Waals surface area contributed by atoms with Gasteiger partial charge < -0.3 is 9.63 Å². The van der Waals surface area contributed by atoms with E-state index >= 15 is 0 Å². The first kappa shape index (κ1) is 22.0. The van der Waals surface area contributed by atoms with Crippen molar-refractivity contribution in [3.05, 3.63) is 59.6 Å². The maximum atomic E-state index is 14.1. The minimum atomic E-state index is -4.78. The summed E-state index contributed by atoms with van der Waals surface area (Å²) in [6, 6.07) is 7.46. The summed E-state index contributed by atoms with van der Waals surface area (Å²) in [5.74, 6) is -0.0776. The van der Waals surface area contributed by atoms with Gasteiger partial charge in [-0.2, -0.15) is 18.3 Å². The van der Waals surface area contributed by atoms with Crippen molar-refractivity contribution in [3.63, 3.8) is 0 Å². The summed E-state index contributed by atoms with van der Waals surface area (Å²) in [6.07, 6.45) is -0.563. The van der Waals surface area contributed by atoms with Gasteiger partial charge in [0.05, 0.1) is 35.0 Å². The highest BCUT2D eigenvalue weighted by molar-refractivity contribution is 6.33. The topological polar surface area (TPSA) is 89.9 Å². The van der Waals surface area contributed by atoms with Crippen LogP contribution in [0.25, 0.3) is 34.0 Å². The lowest BCUT2D eigenvalue weighted by Gasteiger charge is -2.18. The summed E-state index contributed by atoms with van der Waals surface area (Å²) in [4.78, 5) is 8.37. The fourth-order valence-corrected chi connectivity index (χ4v) is 3.64. The van der Waals surface area contributed by atoms with E-state index in [1.165, 1.54) is 12.4 Å². The molecule has 0 fully saturated rings. The number of aliphatic hydroxyl groups excluding tert-OH is 1. The average molecular weight is 464 g/mol. The van der Waals surface area contributed by atoms with Gasteiger partial charge >= 0.3 is 6.18 Å². The first-order valence-corrected chi connectivity index (χ1v) is 10.0. The second-order valence-corrected chi connectivity index (χ2v) is 7.29. The largest absolute Gasteiger partial charge is 0.433 e. The quantitative estimate of drug-likeness (QED) is 0.418. The lowest BCUT2D eigenvalue weighted by Crippen LogP contribution is -2.22. The van der Waals surface area contributed by atoms with Crippen LogP contribution in [-0.2, 0) is 6.18 Å². The zero-order valence-electron chi connectivity index (χ0n) is 16.7. The predicted molar refractivity (Wildman–Crippen MR) is 111 cm³/mol. The zero-order valence-corrected chi connectivity index (χ0v) is 17.5. The molecule has 1 atom stereocenters. The van der Waals surface area contributed by atoms with Crippen molar-refractivity contribution in [1.82, 2.24) is 24.9 Å². The van der Waals surface area contributed by atoms with Crippen molar-refractivity contribution >= 4 is 11.6 Å². The summed E-state index contributed by atoms with van der Waals surface area (Å²) in [5, 5.41) is 17.8. The van der Waals surface area contributed by atoms with Gasteiger partial charge in [0.15, 0.2) is 17.3 Å². The van der Waals surface area contributed by atoms with Crippen molar-refractivity contribution in [3.8, 4) is 34.0 Å². The Hall–Kier alpha value is -3.24. The highest BCUT2D eigenvalue weighted by atomic mass is 35.5. The van der Waals surface area contributed by atoms with Crippen LogP contribution in [0.5, 0.6) is 0 Å². The molecule has 7 nitrogen and oxygen atoms in total. The van der Waals surface area contributed by atoms with Crippen molar-refractivity contribution in [2.75, 3.05) is 6.61 Å². The summed E-state index contributed by atoms with van der Waals surface area (Å²) in [6.45, 7) is 1.16. The molecule has 0 radical (unpaired) electrons. The van der Waals surface area contributed by atoms with Crippen molar-refractivity contribution in [1.29, 1.82) is 0 Å². The summed E-state index contributed by atoms with van der Waals surface area (Å²) < 4.78 is 48.6. The Morgan fingerprint density at radius 1 is 1.12 bits per heavy atom. The van der Waals surface area contributed by atoms with E-state index < -0.39 is 24.5 Å². The Balaban J connectivity index is 2.01. The molecule has 0 amide bonds. The molecule has 11 heteroatoms. The number of nitrogens with zero attached hydrogens (tertiary/aromatic N) is 5. The lowest BCUT2D eigenvalue weighted by atomic mass is 10.0. The second-order valence-electron chi connectivity index (χ2n) is 6.88. The second kappa shape index (κ2) is 8.71. The monoisotopic (exact) mass is 463 g/mol. The molecule has 0 aliphatic carbocycles. The zero-order chi connectivity index (χ0) is 22.9. The number of alkyl halides is 3. The first-order valence-electron chi connectivity index (χ1n) is 9.64. The van der Waals surface area contributed by atoms with Crippen LogP contribution in [0.3, 0.4) is 0 Å². The third-order valence-corrected chi connectivity index (χ3v) is 5.28. The van der Waals surface area contributed by atoms with Crippen LogP contribution in [0.1, 0.15) is 25.1 Å². The molecule has 0 saturated heterocycles. The number of hydrogen-bond donors (Lipinski definition) is 1. The Kier molecular flexibility index (Phi) is 5.98. The van der Waals surface area contributed by atoms with Crippen LogP contribution in [0.15, 0.2) is 53.4 Å². The van der Waals surface area contributed by atoms with Crippen molar-refractivity contribution < 1.29 is 22.8 Å². The number of benzene rings is 1. The van der Waals surface area contributed by atoms with Crippen LogP contribution in [0.2, 0.25) is 5.02 Å². The fourth-order valence-electron chi connectivity index (χ4n) is 3.41. The van der Waals surface area contributed by atoms with E-state index in [-0.39, 0.29) is 34.8 Å². The maximum absolute atomic E-state index is 14.1. The Morgan fingerprint density at radius 3 is 2.47 bits per heavy atom. The smallest absolute Gasteiger partial charge is 0.394 e. The van der Waals surface area contributed by atoms with Gasteiger partial charge in [-0.05, 0) is 18.6 Å². The van der Waals surface area contributed by atoms with Gasteiger partial charge in [-0.25, -0.2) is 9.97 Å². The molecule has 1 N–H and O–H groups in total. The van der Waals surface area contributed by atoms with E-state index in [0.717, 1.165) is 10.9 Å². The Bertz CT molecular complexity index is 1220. The lowest BCUT2D eigenvalue weighted by molar-refractivity contribution is -0.144. The molecule has 0 bridgehead atoms. The SMILES string of the molecule is CCC(CO)n1ncc(-c2onc(-c3ccccc3Cl)c2-c2ncccn2)c1C(F)(F)F. The van der Waals surface area contributed by atoms with Gasteiger partial charge in [0.25, 0.3) is 0 Å². The van der Waals surface area contributed by atoms with Gasteiger partial charge in [0.1, 0.15) is 5.69 Å². The van der Waals surface area contributed by atoms with E-state index in [1.807, 2.05) is 0 Å². The van der Waals surface area contributed by atoms with E-state index in [1.54, 1.807) is 37.3 Å². The van der Waals surface area contributed by atoms with Crippen molar-refractivity contribution in [2.45, 2.75) is 25.6 Å². The van der Waals surface area contributed by atoms with E-state index in [9.17, 15) is 18.3 Å². The fraction of sp³-hybridized carbons (Fsp3) is 0.238. The molecule has 4 aromatic rings. The normalized spacial score (nSPS) is 12.8. The molecule has 32 heavy (non-hydrogen) atoms. The number of halogens is 4. The molecule has 0 aliphatic rings. The third kappa shape index (κ3) is 3.87. The van der Waals surface area contributed by atoms with Crippen LogP contribution < -0.4 is 0 Å². The number of aliphatic hydroxyl groups is 1. The molecule has 0 spiro atoms. The highest BCUT2D eigenvalue weighted by Crippen LogP contribution is 2.45. The predicted octanol–water partition coefficient (Wildman–Crippen LogP) is 5.28. The first-order chi connectivity index (χ1) is 15.4. The standard InChI is InChI=1S/C21H17ClF3N5O2/c1-2-12(11-31)30-19(21(23,24)25)14(10-28-30)18-16(20-26-8-5-9-27-20)17(29-32-18)13-6-3-4-7-15(13)22/h3-10,12,31H,2,11H2,1H3. The minimum Gasteiger partial charge on any atom is -0.394 e. The van der Waals surface area contributed by atoms with Crippen LogP contribution in [-0.4, -0.2) is 36.6 Å². The molecular formula is C21H17ClF3N5O2. The summed E-state index contributed by atoms with van der Waals surface area (Å²) in [7, 11) is 0. The number of aromatic nitrogens is 5. The molecule has 1 unspecified atom stereocenters. The van der Waals surface area contributed by atoms with E-state index in [0.29, 0.717) is 10.6 Å². The number of rotatable bonds is 6. The van der Waals surface area contributed by atoms with Gasteiger partial charge in [-0.15, -0.1) is 0 Å². The van der Waals surface area contributed by atoms with Crippen LogP contribution in [0.4, 0.5) is 13.2 Å². The van der Waals surface area contributed by atoms with Gasteiger partial charge in [0.2, 0.25) is 0 Å². The molecule has 0 aliphatic heterocycles. The van der Waals surface area contributed by atoms with Gasteiger partial charge in [-0.3, -0.25) is 4.68 Å². The highest BCUT2D eigenvalue weighted by Gasteiger charge is 2.42. The molecule has 3 aromatic heterocycles. The number of hydrogen-bond acceptors (Lipinski definition) is 6. The molecule has 0 saturated carbocycles. The summed E-state index contributed by atoms with van der Waals surface area (Å²) in [5.41, 5.74) is -0.586. The molecule has 3 heterocycles. The van der Waals surface area contributed by atoms with Crippen LogP contribution >= 0.6 is 11.6 Å². The van der Waals surface area contributed by atoms with E-state index in [2.05, 4.69) is 20.2 Å². The van der Waals surface area contributed by atoms with E-state index in [4.69, 9.17) is 16.1 Å². The maximum Gasteiger partial charge on any atom is 0.433 e. The van der Waals surface area contributed by atoms with Gasteiger partial charge in [-0.1, -0.05) is 41.9 Å².